The van der Waals surface area contributed by atoms with Gasteiger partial charge in [-0.2, -0.15) is 0 Å². The lowest BCUT2D eigenvalue weighted by atomic mass is 9.79. The number of nitrogens with zero attached hydrogens (tertiary/aromatic N) is 4. The Hall–Kier alpha value is -5.48. The van der Waals surface area contributed by atoms with Gasteiger partial charge in [0.2, 0.25) is 0 Å². The number of rotatable bonds is 12. The number of aromatic nitrogens is 2. The zero-order chi connectivity index (χ0) is 38.1. The molecule has 4 N–H and O–H groups in total. The molecule has 0 unspecified atom stereocenters. The van der Waals surface area contributed by atoms with E-state index in [2.05, 4.69) is 44.0 Å². The lowest BCUT2D eigenvalue weighted by molar-refractivity contribution is 0.200. The van der Waals surface area contributed by atoms with E-state index in [1.807, 2.05) is 42.7 Å². The number of hydrogen-bond donors (Lipinski definition) is 4. The fraction of sp³-hybridized carbons (Fsp3) is 0.378. The zero-order valence-electron chi connectivity index (χ0n) is 31.6. The van der Waals surface area contributed by atoms with Gasteiger partial charge in [-0.3, -0.25) is 14.9 Å². The highest BCUT2D eigenvalue weighted by Crippen LogP contribution is 2.47. The number of likely N-dealkylation sites (tertiary alicyclic amines) is 1. The summed E-state index contributed by atoms with van der Waals surface area (Å²) < 4.78 is 11.7. The van der Waals surface area contributed by atoms with Crippen molar-refractivity contribution in [2.24, 2.45) is 0 Å². The van der Waals surface area contributed by atoms with E-state index < -0.39 is 0 Å². The fourth-order valence-electron chi connectivity index (χ4n) is 8.45. The van der Waals surface area contributed by atoms with Gasteiger partial charge < -0.3 is 34.8 Å². The number of ether oxygens (including phenoxy) is 2. The van der Waals surface area contributed by atoms with E-state index in [0.29, 0.717) is 18.0 Å². The molecule has 0 amide bonds. The molecule has 2 aliphatic carbocycles. The van der Waals surface area contributed by atoms with E-state index in [-0.39, 0.29) is 40.9 Å². The second-order valence-corrected chi connectivity index (χ2v) is 15.4. The molecule has 0 spiro atoms. The number of benzene rings is 3. The molecule has 0 atom stereocenters. The Morgan fingerprint density at radius 2 is 1.24 bits per heavy atom. The first-order valence-electron chi connectivity index (χ1n) is 19.5. The number of pyridine rings is 2. The number of phenols is 4. The van der Waals surface area contributed by atoms with Gasteiger partial charge in [-0.1, -0.05) is 18.9 Å². The van der Waals surface area contributed by atoms with Gasteiger partial charge in [0.1, 0.15) is 0 Å². The number of hydrogen-bond acceptors (Lipinski definition) is 10. The molecule has 10 heteroatoms. The molecule has 3 aliphatic rings. The van der Waals surface area contributed by atoms with Crippen LogP contribution in [0.5, 0.6) is 34.5 Å². The number of piperidine rings is 1. The van der Waals surface area contributed by atoms with E-state index in [4.69, 9.17) is 9.47 Å². The molecule has 0 bridgehead atoms. The third-order valence-electron chi connectivity index (χ3n) is 12.0. The van der Waals surface area contributed by atoms with Gasteiger partial charge in [0.25, 0.3) is 0 Å². The predicted molar refractivity (Wildman–Crippen MR) is 213 cm³/mol. The van der Waals surface area contributed by atoms with Crippen LogP contribution in [0.4, 0.5) is 5.69 Å². The Balaban J connectivity index is 1.02. The van der Waals surface area contributed by atoms with E-state index in [1.165, 1.54) is 0 Å². The Bertz CT molecular complexity index is 2160. The van der Waals surface area contributed by atoms with Crippen LogP contribution >= 0.6 is 0 Å². The Labute approximate surface area is 322 Å². The highest BCUT2D eigenvalue weighted by molar-refractivity contribution is 5.69. The minimum absolute atomic E-state index is 0.00659. The summed E-state index contributed by atoms with van der Waals surface area (Å²) in [6.07, 6.45) is 11.9. The number of aromatic hydroxyl groups is 4. The van der Waals surface area contributed by atoms with E-state index in [0.717, 1.165) is 121 Å². The normalized spacial score (nSPS) is 16.7. The molecule has 2 aromatic heterocycles. The topological polar surface area (TPSA) is 132 Å². The van der Waals surface area contributed by atoms with Crippen LogP contribution in [0.15, 0.2) is 79.1 Å². The van der Waals surface area contributed by atoms with Crippen LogP contribution in [0.2, 0.25) is 0 Å². The Morgan fingerprint density at radius 1 is 0.673 bits per heavy atom. The molecular formula is C45H50N4O6. The molecule has 55 heavy (non-hydrogen) atoms. The third-order valence-corrected chi connectivity index (χ3v) is 12.0. The van der Waals surface area contributed by atoms with Crippen LogP contribution in [0.3, 0.4) is 0 Å². The summed E-state index contributed by atoms with van der Waals surface area (Å²) in [6, 6.07) is 21.7. The van der Waals surface area contributed by atoms with Gasteiger partial charge in [0, 0.05) is 66.9 Å². The second kappa shape index (κ2) is 15.7. The fourth-order valence-corrected chi connectivity index (χ4v) is 8.45. The van der Waals surface area contributed by atoms with Crippen molar-refractivity contribution in [2.45, 2.75) is 82.3 Å². The molecule has 3 heterocycles. The SMILES string of the molecule is COc1cccc(N(Cc2ccnc(-c3cc(O)c(O)c(C4CCC4)c3)c2)C2CCN(Cc3ccnc(-c4cc(O)c(O)c(C5CCC5)c4)c3)CC2)c1OC. The van der Waals surface area contributed by atoms with Crippen molar-refractivity contribution in [3.05, 3.63) is 101 Å². The van der Waals surface area contributed by atoms with Crippen molar-refractivity contribution in [1.82, 2.24) is 14.9 Å². The molecule has 3 fully saturated rings. The van der Waals surface area contributed by atoms with E-state index in [9.17, 15) is 20.4 Å². The van der Waals surface area contributed by atoms with Crippen LogP contribution in [-0.2, 0) is 13.1 Å². The van der Waals surface area contributed by atoms with Crippen molar-refractivity contribution < 1.29 is 29.9 Å². The molecule has 8 rings (SSSR count). The molecule has 10 nitrogen and oxygen atoms in total. The predicted octanol–water partition coefficient (Wildman–Crippen LogP) is 8.86. The van der Waals surface area contributed by atoms with Gasteiger partial charge >= 0.3 is 0 Å². The molecule has 1 aliphatic heterocycles. The lowest BCUT2D eigenvalue weighted by Gasteiger charge is -2.40. The summed E-state index contributed by atoms with van der Waals surface area (Å²) >= 11 is 0. The second-order valence-electron chi connectivity index (χ2n) is 15.4. The number of methoxy groups -OCH3 is 2. The Kier molecular flexibility index (Phi) is 10.4. The summed E-state index contributed by atoms with van der Waals surface area (Å²) in [5, 5.41) is 42.4. The Morgan fingerprint density at radius 3 is 1.76 bits per heavy atom. The highest BCUT2D eigenvalue weighted by atomic mass is 16.5. The van der Waals surface area contributed by atoms with Crippen molar-refractivity contribution >= 4 is 5.69 Å². The molecule has 3 aromatic carbocycles. The average molecular weight is 743 g/mol. The molecule has 5 aromatic rings. The van der Waals surface area contributed by atoms with Crippen molar-refractivity contribution in [2.75, 3.05) is 32.2 Å². The van der Waals surface area contributed by atoms with Crippen molar-refractivity contribution in [1.29, 1.82) is 0 Å². The molecule has 286 valence electrons. The van der Waals surface area contributed by atoms with Crippen LogP contribution in [0, 0.1) is 0 Å². The first-order valence-corrected chi connectivity index (χ1v) is 19.5. The largest absolute Gasteiger partial charge is 0.504 e. The van der Waals surface area contributed by atoms with Crippen molar-refractivity contribution in [3.63, 3.8) is 0 Å². The van der Waals surface area contributed by atoms with Gasteiger partial charge in [0.05, 0.1) is 31.3 Å². The minimum Gasteiger partial charge on any atom is -0.504 e. The summed E-state index contributed by atoms with van der Waals surface area (Å²) in [6.45, 7) is 3.18. The monoisotopic (exact) mass is 742 g/mol. The average Bonchev–Trinajstić information content (AvgIpc) is 3.16. The first-order chi connectivity index (χ1) is 26.8. The minimum atomic E-state index is -0.109. The first kappa shape index (κ1) is 36.5. The summed E-state index contributed by atoms with van der Waals surface area (Å²) in [5.41, 5.74) is 7.94. The molecule has 0 radical (unpaired) electrons. The smallest absolute Gasteiger partial charge is 0.184 e. The maximum Gasteiger partial charge on any atom is 0.184 e. The highest BCUT2D eigenvalue weighted by Gasteiger charge is 2.30. The van der Waals surface area contributed by atoms with Gasteiger partial charge in [-0.05, 0) is 122 Å². The number of phenolic OH excluding ortho intramolecular Hbond substituents is 4. The van der Waals surface area contributed by atoms with Crippen LogP contribution < -0.4 is 14.4 Å². The van der Waals surface area contributed by atoms with Gasteiger partial charge in [0.15, 0.2) is 34.5 Å². The van der Waals surface area contributed by atoms with Crippen molar-refractivity contribution in [3.8, 4) is 57.0 Å². The number of para-hydroxylation sites is 1. The summed E-state index contributed by atoms with van der Waals surface area (Å²) in [7, 11) is 3.34. The number of anilines is 1. The van der Waals surface area contributed by atoms with Gasteiger partial charge in [-0.15, -0.1) is 0 Å². The standard InChI is InChI=1S/C45H50N4O6/c1-54-42-11-5-10-39(45(42)55-2)49(27-29-13-17-47-38(21-29)33-23-36(31-8-4-9-31)44(53)41(51)25-33)34-14-18-48(19-15-34)26-28-12-16-46-37(20-28)32-22-35(30-6-3-7-30)43(52)40(50)24-32/h5,10-13,16-17,20-25,30-31,34,50-53H,3-4,6-9,14-15,18-19,26-27H2,1-2H3. The van der Waals surface area contributed by atoms with Gasteiger partial charge in [-0.25, -0.2) is 0 Å². The maximum absolute atomic E-state index is 10.7. The van der Waals surface area contributed by atoms with E-state index >= 15 is 0 Å². The van der Waals surface area contributed by atoms with Crippen LogP contribution in [-0.4, -0.2) is 68.6 Å². The zero-order valence-corrected chi connectivity index (χ0v) is 31.6. The molecule has 2 saturated carbocycles. The van der Waals surface area contributed by atoms with E-state index in [1.54, 1.807) is 26.4 Å². The quantitative estimate of drug-likeness (QED) is 0.0920. The van der Waals surface area contributed by atoms with Crippen LogP contribution in [0.1, 0.15) is 85.5 Å². The summed E-state index contributed by atoms with van der Waals surface area (Å²) in [5.74, 6) is 1.69. The third kappa shape index (κ3) is 7.48. The molecule has 1 saturated heterocycles. The maximum atomic E-state index is 10.7. The molecular weight excluding hydrogens is 693 g/mol. The van der Waals surface area contributed by atoms with Crippen LogP contribution in [0.25, 0.3) is 22.5 Å². The lowest BCUT2D eigenvalue weighted by Crippen LogP contribution is -2.44. The summed E-state index contributed by atoms with van der Waals surface area (Å²) in [4.78, 5) is 14.2.